The number of ether oxygens (including phenoxy) is 2. The molecule has 0 atom stereocenters. The van der Waals surface area contributed by atoms with Gasteiger partial charge in [0.25, 0.3) is 0 Å². The van der Waals surface area contributed by atoms with E-state index in [2.05, 4.69) is 15.5 Å². The third-order valence-electron chi connectivity index (χ3n) is 6.74. The summed E-state index contributed by atoms with van der Waals surface area (Å²) < 4.78 is 56.6. The zero-order valence-electron chi connectivity index (χ0n) is 20.5. The van der Waals surface area contributed by atoms with Gasteiger partial charge in [-0.3, -0.25) is 8.97 Å². The molecular formula is C25H27F3N6O3. The predicted molar refractivity (Wildman–Crippen MR) is 129 cm³/mol. The summed E-state index contributed by atoms with van der Waals surface area (Å²) >= 11 is 0. The predicted octanol–water partition coefficient (Wildman–Crippen LogP) is 2.48. The van der Waals surface area contributed by atoms with Crippen molar-refractivity contribution in [3.63, 3.8) is 0 Å². The van der Waals surface area contributed by atoms with Crippen molar-refractivity contribution in [3.05, 3.63) is 82.1 Å². The quantitative estimate of drug-likeness (QED) is 0.344. The molecule has 1 aromatic carbocycles. The highest BCUT2D eigenvalue weighted by Gasteiger charge is 2.42. The minimum atomic E-state index is -4.63. The molecule has 1 N–H and O–H groups in total. The van der Waals surface area contributed by atoms with Gasteiger partial charge in [-0.2, -0.15) is 13.2 Å². The van der Waals surface area contributed by atoms with Crippen molar-refractivity contribution in [2.24, 2.45) is 7.05 Å². The van der Waals surface area contributed by atoms with Crippen LogP contribution >= 0.6 is 0 Å². The largest absolute Gasteiger partial charge is 0.418 e. The lowest BCUT2D eigenvalue weighted by atomic mass is 9.75. The molecule has 5 rings (SSSR count). The molecule has 0 amide bonds. The van der Waals surface area contributed by atoms with Gasteiger partial charge >= 0.3 is 11.9 Å². The number of fused-ring (bicyclic) bond motifs is 1. The summed E-state index contributed by atoms with van der Waals surface area (Å²) in [7, 11) is 3.41. The molecule has 12 heteroatoms. The maximum absolute atomic E-state index is 14.0. The number of nitrogens with one attached hydrogen (secondary N) is 1. The average Bonchev–Trinajstić information content (AvgIpc) is 3.40. The van der Waals surface area contributed by atoms with Crippen LogP contribution in [0.15, 0.2) is 53.8 Å². The first-order valence-corrected chi connectivity index (χ1v) is 11.8. The molecule has 37 heavy (non-hydrogen) atoms. The molecule has 196 valence electrons. The molecule has 1 aliphatic rings. The number of rotatable bonds is 9. The van der Waals surface area contributed by atoms with Crippen molar-refractivity contribution in [2.75, 3.05) is 33.5 Å². The Balaban J connectivity index is 1.54. The highest BCUT2D eigenvalue weighted by Crippen LogP contribution is 2.37. The highest BCUT2D eigenvalue weighted by atomic mass is 19.4. The molecule has 0 unspecified atom stereocenters. The smallest absolute Gasteiger partial charge is 0.383 e. The van der Waals surface area contributed by atoms with Crippen molar-refractivity contribution in [1.29, 1.82) is 0 Å². The second kappa shape index (κ2) is 9.77. The Hall–Kier alpha value is -3.48. The van der Waals surface area contributed by atoms with Crippen LogP contribution in [0.25, 0.3) is 11.2 Å². The first-order chi connectivity index (χ1) is 17.7. The van der Waals surface area contributed by atoms with Crippen molar-refractivity contribution >= 4 is 5.52 Å². The van der Waals surface area contributed by atoms with Gasteiger partial charge in [-0.1, -0.05) is 12.1 Å². The topological polar surface area (TPSA) is 87.6 Å². The van der Waals surface area contributed by atoms with Gasteiger partial charge in [0.15, 0.2) is 0 Å². The molecule has 4 heterocycles. The number of benzene rings is 1. The van der Waals surface area contributed by atoms with Gasteiger partial charge in [-0.15, -0.1) is 10.2 Å². The summed E-state index contributed by atoms with van der Waals surface area (Å²) in [6.07, 6.45) is 0.279. The van der Waals surface area contributed by atoms with Crippen LogP contribution in [0, 0.1) is 0 Å². The molecule has 3 aromatic heterocycles. The van der Waals surface area contributed by atoms with E-state index in [1.807, 2.05) is 23.7 Å². The highest BCUT2D eigenvalue weighted by molar-refractivity contribution is 5.58. The molecule has 9 nitrogen and oxygen atoms in total. The fourth-order valence-electron chi connectivity index (χ4n) is 4.64. The van der Waals surface area contributed by atoms with E-state index in [0.29, 0.717) is 44.0 Å². The SMILES string of the molecule is COCCNCc1cc(C(F)(F)F)c2cn(-c3cccc(C4(Cc5nncn5C)COC4)c3)c(=O)n2c1. The fourth-order valence-corrected chi connectivity index (χ4v) is 4.64. The molecule has 0 aliphatic carbocycles. The van der Waals surface area contributed by atoms with Gasteiger partial charge in [-0.25, -0.2) is 4.79 Å². The van der Waals surface area contributed by atoms with Crippen LogP contribution in [0.3, 0.4) is 0 Å². The zero-order chi connectivity index (χ0) is 26.2. The van der Waals surface area contributed by atoms with E-state index < -0.39 is 17.4 Å². The van der Waals surface area contributed by atoms with Crippen LogP contribution in [0.4, 0.5) is 13.2 Å². The first-order valence-electron chi connectivity index (χ1n) is 11.8. The summed E-state index contributed by atoms with van der Waals surface area (Å²) in [6.45, 7) is 1.99. The van der Waals surface area contributed by atoms with Crippen molar-refractivity contribution in [2.45, 2.75) is 24.6 Å². The number of methoxy groups -OCH3 is 1. The number of hydrogen-bond donors (Lipinski definition) is 1. The van der Waals surface area contributed by atoms with Crippen LogP contribution in [-0.4, -0.2) is 57.2 Å². The summed E-state index contributed by atoms with van der Waals surface area (Å²) in [5.74, 6) is 0.793. The van der Waals surface area contributed by atoms with Gasteiger partial charge in [0.05, 0.1) is 36.6 Å². The van der Waals surface area contributed by atoms with Crippen molar-refractivity contribution in [3.8, 4) is 5.69 Å². The summed E-state index contributed by atoms with van der Waals surface area (Å²) in [6, 6.07) is 8.36. The molecule has 0 radical (unpaired) electrons. The lowest BCUT2D eigenvalue weighted by molar-refractivity contribution is -0.136. The Labute approximate surface area is 210 Å². The summed E-state index contributed by atoms with van der Waals surface area (Å²) in [5.41, 5.74) is -0.273. The van der Waals surface area contributed by atoms with E-state index in [9.17, 15) is 18.0 Å². The third-order valence-corrected chi connectivity index (χ3v) is 6.74. The van der Waals surface area contributed by atoms with Crippen LogP contribution in [0.5, 0.6) is 0 Å². The van der Waals surface area contributed by atoms with Crippen LogP contribution in [0.2, 0.25) is 0 Å². The minimum absolute atomic E-state index is 0.167. The Bertz CT molecular complexity index is 1470. The first kappa shape index (κ1) is 25.2. The third kappa shape index (κ3) is 4.79. The monoisotopic (exact) mass is 516 g/mol. The number of halogens is 3. The summed E-state index contributed by atoms with van der Waals surface area (Å²) in [4.78, 5) is 13.4. The maximum atomic E-state index is 14.0. The molecular weight excluding hydrogens is 489 g/mol. The number of aromatic nitrogens is 5. The van der Waals surface area contributed by atoms with E-state index in [0.717, 1.165) is 21.9 Å². The van der Waals surface area contributed by atoms with Gasteiger partial charge in [0.1, 0.15) is 12.2 Å². The normalized spacial score (nSPS) is 15.3. The fraction of sp³-hybridized carbons (Fsp3) is 0.400. The Kier molecular flexibility index (Phi) is 6.65. The van der Waals surface area contributed by atoms with E-state index >= 15 is 0 Å². The van der Waals surface area contributed by atoms with Crippen molar-refractivity contribution in [1.82, 2.24) is 29.0 Å². The van der Waals surface area contributed by atoms with E-state index in [-0.39, 0.29) is 17.5 Å². The minimum Gasteiger partial charge on any atom is -0.383 e. The Morgan fingerprint density at radius 2 is 2.03 bits per heavy atom. The van der Waals surface area contributed by atoms with E-state index in [1.165, 1.54) is 17.0 Å². The summed E-state index contributed by atoms with van der Waals surface area (Å²) in [5, 5.41) is 11.2. The lowest BCUT2D eigenvalue weighted by Crippen LogP contribution is -2.49. The molecule has 4 aromatic rings. The Morgan fingerprint density at radius 1 is 1.22 bits per heavy atom. The second-order valence-corrected chi connectivity index (χ2v) is 9.32. The van der Waals surface area contributed by atoms with Gasteiger partial charge in [0.2, 0.25) is 0 Å². The molecule has 0 spiro atoms. The van der Waals surface area contributed by atoms with E-state index in [4.69, 9.17) is 9.47 Å². The van der Waals surface area contributed by atoms with Gasteiger partial charge in [-0.05, 0) is 29.3 Å². The number of nitrogens with zero attached hydrogens (tertiary/aromatic N) is 5. The zero-order valence-corrected chi connectivity index (χ0v) is 20.5. The van der Waals surface area contributed by atoms with E-state index in [1.54, 1.807) is 25.6 Å². The molecule has 0 saturated carbocycles. The number of pyridine rings is 1. The van der Waals surface area contributed by atoms with Gasteiger partial charge in [0, 0.05) is 51.5 Å². The molecule has 1 fully saturated rings. The standard InChI is InChI=1S/C25H27F3N6O3/c1-32-16-30-31-22(32)10-24(14-37-15-24)18-4-3-5-19(9-18)33-13-21-20(25(26,27)28)8-17(11-29-6-7-36-2)12-34(21)23(33)35/h3-5,8-9,12-13,16,29H,6-7,10-11,14-15H2,1-2H3. The average molecular weight is 517 g/mol. The van der Waals surface area contributed by atoms with Crippen LogP contribution in [-0.2, 0) is 41.1 Å². The number of alkyl halides is 3. The van der Waals surface area contributed by atoms with Crippen LogP contribution < -0.4 is 11.0 Å². The van der Waals surface area contributed by atoms with Crippen molar-refractivity contribution < 1.29 is 22.6 Å². The lowest BCUT2D eigenvalue weighted by Gasteiger charge is -2.41. The second-order valence-electron chi connectivity index (χ2n) is 9.32. The Morgan fingerprint density at radius 3 is 2.68 bits per heavy atom. The van der Waals surface area contributed by atoms with Crippen LogP contribution in [0.1, 0.15) is 22.5 Å². The number of imidazole rings is 1. The van der Waals surface area contributed by atoms with Gasteiger partial charge < -0.3 is 19.4 Å². The molecule has 1 saturated heterocycles. The maximum Gasteiger partial charge on any atom is 0.418 e. The molecule has 1 aliphatic heterocycles. The number of aryl methyl sites for hydroxylation is 1. The number of hydrogen-bond acceptors (Lipinski definition) is 6. The molecule has 0 bridgehead atoms.